The summed E-state index contributed by atoms with van der Waals surface area (Å²) in [5.74, 6) is 0. The molecule has 0 amide bonds. The van der Waals surface area contributed by atoms with Gasteiger partial charge in [-0.1, -0.05) is 55.7 Å². The Hall–Kier alpha value is -2.28. The predicted molar refractivity (Wildman–Crippen MR) is 106 cm³/mol. The van der Waals surface area contributed by atoms with Gasteiger partial charge in [-0.15, -0.1) is 0 Å². The lowest BCUT2D eigenvalue weighted by atomic mass is 10.0. The van der Waals surface area contributed by atoms with Crippen molar-refractivity contribution >= 4 is 0 Å². The van der Waals surface area contributed by atoms with E-state index in [0.29, 0.717) is 0 Å². The van der Waals surface area contributed by atoms with Gasteiger partial charge < -0.3 is 4.90 Å². The van der Waals surface area contributed by atoms with Crippen molar-refractivity contribution in [3.63, 3.8) is 0 Å². The zero-order valence-corrected chi connectivity index (χ0v) is 15.3. The molecular weight excluding hydrogens is 278 g/mol. The summed E-state index contributed by atoms with van der Waals surface area (Å²) in [4.78, 5) is 2.17. The highest BCUT2D eigenvalue weighted by Gasteiger charge is 2.16. The van der Waals surface area contributed by atoms with E-state index in [4.69, 9.17) is 0 Å². The van der Waals surface area contributed by atoms with Gasteiger partial charge in [-0.05, 0) is 64.8 Å². The lowest BCUT2D eigenvalue weighted by molar-refractivity contribution is 0.566. The van der Waals surface area contributed by atoms with Crippen LogP contribution >= 0.6 is 0 Å². The number of nitrogens with zero attached hydrogens (tertiary/aromatic N) is 1. The molecule has 0 aliphatic rings. The summed E-state index contributed by atoms with van der Waals surface area (Å²) in [6.45, 7) is 18.3. The third-order valence-electron chi connectivity index (χ3n) is 3.30. The van der Waals surface area contributed by atoms with Gasteiger partial charge in [-0.25, -0.2) is 0 Å². The second kappa shape index (κ2) is 12.3. The molecule has 0 bridgehead atoms. The van der Waals surface area contributed by atoms with E-state index in [0.717, 1.165) is 23.5 Å². The first kappa shape index (κ1) is 20.7. The smallest absolute Gasteiger partial charge is 0.0457 e. The zero-order chi connectivity index (χ0) is 17.7. The van der Waals surface area contributed by atoms with Crippen LogP contribution in [0.3, 0.4) is 0 Å². The van der Waals surface area contributed by atoms with Gasteiger partial charge in [-0.2, -0.15) is 0 Å². The summed E-state index contributed by atoms with van der Waals surface area (Å²) < 4.78 is 0. The minimum Gasteiger partial charge on any atom is -0.311 e. The number of rotatable bonds is 9. The topological polar surface area (TPSA) is 3.24 Å². The monoisotopic (exact) mass is 309 g/mol. The Morgan fingerprint density at radius 3 is 2.00 bits per heavy atom. The SMILES string of the molecule is C=C/C=C(\C=C/C)N(C(=C)/C=C\C)C(=C/C)/C(=C\C)C/C=C\C. The van der Waals surface area contributed by atoms with Crippen LogP contribution < -0.4 is 0 Å². The van der Waals surface area contributed by atoms with E-state index in [1.165, 1.54) is 5.57 Å². The van der Waals surface area contributed by atoms with Gasteiger partial charge in [0.15, 0.2) is 0 Å². The fourth-order valence-electron chi connectivity index (χ4n) is 2.30. The first-order valence-electron chi connectivity index (χ1n) is 8.11. The van der Waals surface area contributed by atoms with Gasteiger partial charge in [0, 0.05) is 17.1 Å². The highest BCUT2D eigenvalue weighted by molar-refractivity contribution is 5.42. The maximum atomic E-state index is 4.24. The van der Waals surface area contributed by atoms with Crippen LogP contribution in [0, 0.1) is 0 Å². The standard InChI is InChI=1S/C22H31N/c1-8-14-18-20(12-5)22(13-6)23(19(7)15-9-2)21(16-10-3)17-11-4/h8-17H,3,7,18H2,1-2,4-6H3/b14-8-,15-9-,17-11-,20-12-,21-16+,22-13+. The molecule has 0 N–H and O–H groups in total. The van der Waals surface area contributed by atoms with Crippen LogP contribution in [0.25, 0.3) is 0 Å². The summed E-state index contributed by atoms with van der Waals surface area (Å²) in [6.07, 6.45) is 21.4. The maximum Gasteiger partial charge on any atom is 0.0457 e. The molecule has 0 unspecified atom stereocenters. The molecule has 0 aromatic rings. The second-order valence-corrected chi connectivity index (χ2v) is 4.91. The number of hydrogen-bond acceptors (Lipinski definition) is 1. The summed E-state index contributed by atoms with van der Waals surface area (Å²) in [6, 6.07) is 0. The average molecular weight is 309 g/mol. The van der Waals surface area contributed by atoms with Crippen molar-refractivity contribution in [1.82, 2.24) is 4.90 Å². The molecular formula is C22H31N. The summed E-state index contributed by atoms with van der Waals surface area (Å²) in [5.41, 5.74) is 4.36. The molecule has 0 aliphatic heterocycles. The first-order chi connectivity index (χ1) is 11.1. The van der Waals surface area contributed by atoms with E-state index in [9.17, 15) is 0 Å². The highest BCUT2D eigenvalue weighted by Crippen LogP contribution is 2.28. The molecule has 0 aliphatic carbocycles. The lowest BCUT2D eigenvalue weighted by Crippen LogP contribution is -2.21. The van der Waals surface area contributed by atoms with Crippen LogP contribution in [-0.2, 0) is 0 Å². The molecule has 1 nitrogen and oxygen atoms in total. The van der Waals surface area contributed by atoms with Gasteiger partial charge >= 0.3 is 0 Å². The van der Waals surface area contributed by atoms with E-state index in [2.05, 4.69) is 62.3 Å². The lowest BCUT2D eigenvalue weighted by Gasteiger charge is -2.30. The molecule has 0 fully saturated rings. The Bertz CT molecular complexity index is 563. The molecule has 0 aromatic heterocycles. The van der Waals surface area contributed by atoms with E-state index >= 15 is 0 Å². The third kappa shape index (κ3) is 6.56. The molecule has 0 saturated carbocycles. The van der Waals surface area contributed by atoms with Crippen molar-refractivity contribution in [2.45, 2.75) is 41.0 Å². The van der Waals surface area contributed by atoms with E-state index in [1.54, 1.807) is 6.08 Å². The van der Waals surface area contributed by atoms with Crippen LogP contribution in [0.5, 0.6) is 0 Å². The van der Waals surface area contributed by atoms with Crippen molar-refractivity contribution in [1.29, 1.82) is 0 Å². The molecule has 0 spiro atoms. The van der Waals surface area contributed by atoms with Crippen molar-refractivity contribution in [3.8, 4) is 0 Å². The second-order valence-electron chi connectivity index (χ2n) is 4.91. The largest absolute Gasteiger partial charge is 0.311 e. The zero-order valence-electron chi connectivity index (χ0n) is 15.3. The van der Waals surface area contributed by atoms with Gasteiger partial charge in [0.2, 0.25) is 0 Å². The van der Waals surface area contributed by atoms with Gasteiger partial charge in [0.05, 0.1) is 0 Å². The van der Waals surface area contributed by atoms with E-state index in [-0.39, 0.29) is 0 Å². The van der Waals surface area contributed by atoms with Crippen LogP contribution in [0.2, 0.25) is 0 Å². The highest BCUT2D eigenvalue weighted by atomic mass is 15.2. The van der Waals surface area contributed by atoms with Crippen molar-refractivity contribution < 1.29 is 0 Å². The molecule has 0 radical (unpaired) electrons. The Morgan fingerprint density at radius 1 is 0.913 bits per heavy atom. The molecule has 0 atom stereocenters. The van der Waals surface area contributed by atoms with E-state index in [1.807, 2.05) is 45.1 Å². The average Bonchev–Trinajstić information content (AvgIpc) is 2.54. The van der Waals surface area contributed by atoms with Crippen LogP contribution in [-0.4, -0.2) is 4.90 Å². The Kier molecular flexibility index (Phi) is 11.1. The Balaban J connectivity index is 6.13. The minimum atomic E-state index is 0.892. The number of hydrogen-bond donors (Lipinski definition) is 0. The third-order valence-corrected chi connectivity index (χ3v) is 3.30. The first-order valence-corrected chi connectivity index (χ1v) is 8.11. The molecule has 0 rings (SSSR count). The molecule has 0 saturated heterocycles. The maximum absolute atomic E-state index is 4.24. The quantitative estimate of drug-likeness (QED) is 0.333. The van der Waals surface area contributed by atoms with Crippen molar-refractivity contribution in [2.24, 2.45) is 0 Å². The van der Waals surface area contributed by atoms with E-state index < -0.39 is 0 Å². The summed E-state index contributed by atoms with van der Waals surface area (Å²) >= 11 is 0. The van der Waals surface area contributed by atoms with Gasteiger partial charge in [0.1, 0.15) is 0 Å². The minimum absolute atomic E-state index is 0.892. The fourth-order valence-corrected chi connectivity index (χ4v) is 2.30. The Labute approximate surface area is 143 Å². The molecule has 0 aromatic carbocycles. The van der Waals surface area contributed by atoms with Crippen molar-refractivity contribution in [2.75, 3.05) is 0 Å². The normalized spacial score (nSPS) is 14.2. The van der Waals surface area contributed by atoms with Crippen LogP contribution in [0.15, 0.2) is 96.6 Å². The Morgan fingerprint density at radius 2 is 1.57 bits per heavy atom. The molecule has 124 valence electrons. The molecule has 23 heavy (non-hydrogen) atoms. The molecule has 0 heterocycles. The van der Waals surface area contributed by atoms with Crippen molar-refractivity contribution in [3.05, 3.63) is 96.6 Å². The van der Waals surface area contributed by atoms with Gasteiger partial charge in [-0.3, -0.25) is 0 Å². The van der Waals surface area contributed by atoms with Crippen LogP contribution in [0.4, 0.5) is 0 Å². The van der Waals surface area contributed by atoms with Gasteiger partial charge in [0.25, 0.3) is 0 Å². The predicted octanol–water partition coefficient (Wildman–Crippen LogP) is 6.84. The molecule has 1 heteroatoms. The van der Waals surface area contributed by atoms with Crippen LogP contribution in [0.1, 0.15) is 41.0 Å². The summed E-state index contributed by atoms with van der Waals surface area (Å²) in [5, 5.41) is 0. The number of allylic oxidation sites excluding steroid dienone is 11. The summed E-state index contributed by atoms with van der Waals surface area (Å²) in [7, 11) is 0. The fraction of sp³-hybridized carbons (Fsp3) is 0.273.